The van der Waals surface area contributed by atoms with E-state index < -0.39 is 16.3 Å². The first kappa shape index (κ1) is 22.3. The Balaban J connectivity index is 1.63. The van der Waals surface area contributed by atoms with Gasteiger partial charge in [0.25, 0.3) is 16.1 Å². The van der Waals surface area contributed by atoms with Crippen molar-refractivity contribution in [3.05, 3.63) is 52.8 Å². The number of aliphatic hydroxyl groups excluding tert-OH is 1. The molecule has 10 nitrogen and oxygen atoms in total. The van der Waals surface area contributed by atoms with E-state index in [-0.39, 0.29) is 16.6 Å². The van der Waals surface area contributed by atoms with Crippen LogP contribution in [0.2, 0.25) is 5.02 Å². The second-order valence-corrected chi connectivity index (χ2v) is 9.43. The zero-order chi connectivity index (χ0) is 23.0. The fraction of sp³-hybridized carbons (Fsp3) is 0.300. The Bertz CT molecular complexity index is 1290. The van der Waals surface area contributed by atoms with Crippen molar-refractivity contribution in [1.29, 1.82) is 0 Å². The van der Waals surface area contributed by atoms with Crippen LogP contribution in [0.25, 0.3) is 5.52 Å². The van der Waals surface area contributed by atoms with Crippen LogP contribution in [0.3, 0.4) is 0 Å². The molecule has 4 rings (SSSR count). The fourth-order valence-corrected chi connectivity index (χ4v) is 4.43. The van der Waals surface area contributed by atoms with Crippen molar-refractivity contribution in [2.75, 3.05) is 24.9 Å². The second kappa shape index (κ2) is 8.58. The molecule has 0 saturated carbocycles. The normalized spacial score (nSPS) is 16.5. The van der Waals surface area contributed by atoms with Gasteiger partial charge in [0.1, 0.15) is 11.3 Å². The molecule has 2 aromatic heterocycles. The molecular formula is C20H22ClN5O5S. The van der Waals surface area contributed by atoms with Gasteiger partial charge in [0.2, 0.25) is 0 Å². The van der Waals surface area contributed by atoms with Crippen LogP contribution < -0.4 is 14.2 Å². The maximum absolute atomic E-state index is 12.9. The van der Waals surface area contributed by atoms with E-state index >= 15 is 0 Å². The minimum Gasteiger partial charge on any atom is -0.455 e. The number of nitrogens with zero attached hydrogens (tertiary/aromatic N) is 3. The Labute approximate surface area is 189 Å². The van der Waals surface area contributed by atoms with Gasteiger partial charge in [-0.15, -0.1) is 0 Å². The lowest BCUT2D eigenvalue weighted by atomic mass is 10.1. The van der Waals surface area contributed by atoms with Gasteiger partial charge in [0, 0.05) is 38.5 Å². The lowest BCUT2D eigenvalue weighted by Crippen LogP contribution is -2.29. The molecule has 1 aliphatic heterocycles. The number of aliphatic hydroxyl groups is 1. The predicted octanol–water partition coefficient (Wildman–Crippen LogP) is 2.17. The first-order valence-corrected chi connectivity index (χ1v) is 11.7. The number of anilines is 1. The van der Waals surface area contributed by atoms with Gasteiger partial charge in [-0.25, -0.2) is 9.24 Å². The molecule has 32 heavy (non-hydrogen) atoms. The molecule has 0 radical (unpaired) electrons. The first-order chi connectivity index (χ1) is 15.2. The van der Waals surface area contributed by atoms with Crippen LogP contribution in [0.5, 0.6) is 11.5 Å². The van der Waals surface area contributed by atoms with Crippen LogP contribution in [0.1, 0.15) is 22.3 Å². The number of nitrogens with one attached hydrogen (secondary N) is 2. The predicted molar refractivity (Wildman–Crippen MR) is 120 cm³/mol. The van der Waals surface area contributed by atoms with E-state index in [1.54, 1.807) is 33.9 Å². The van der Waals surface area contributed by atoms with E-state index in [9.17, 15) is 18.3 Å². The van der Waals surface area contributed by atoms with E-state index in [0.29, 0.717) is 47.7 Å². The van der Waals surface area contributed by atoms with Crippen LogP contribution in [-0.4, -0.2) is 60.2 Å². The first-order valence-electron chi connectivity index (χ1n) is 9.81. The van der Waals surface area contributed by atoms with E-state index in [0.717, 1.165) is 0 Å². The van der Waals surface area contributed by atoms with Crippen LogP contribution in [0, 0.1) is 6.92 Å². The molecular weight excluding hydrogens is 458 g/mol. The summed E-state index contributed by atoms with van der Waals surface area (Å²) >= 11 is 6.22. The lowest BCUT2D eigenvalue weighted by molar-refractivity contribution is 0.0764. The van der Waals surface area contributed by atoms with Gasteiger partial charge in [0.05, 0.1) is 28.6 Å². The van der Waals surface area contributed by atoms with Crippen LogP contribution in [-0.2, 0) is 10.2 Å². The number of rotatable bonds is 6. The van der Waals surface area contributed by atoms with Crippen molar-refractivity contribution in [3.63, 3.8) is 0 Å². The van der Waals surface area contributed by atoms with Crippen LogP contribution in [0.4, 0.5) is 5.69 Å². The Morgan fingerprint density at radius 2 is 2.12 bits per heavy atom. The maximum Gasteiger partial charge on any atom is 0.298 e. The van der Waals surface area contributed by atoms with Crippen molar-refractivity contribution < 1.29 is 23.1 Å². The second-order valence-electron chi connectivity index (χ2n) is 7.40. The number of likely N-dealkylation sites (tertiary alicyclic amines) is 1. The molecule has 170 valence electrons. The largest absolute Gasteiger partial charge is 0.455 e. The number of carbonyl (C=O) groups is 1. The van der Waals surface area contributed by atoms with Crippen molar-refractivity contribution in [3.8, 4) is 11.5 Å². The number of amides is 1. The summed E-state index contributed by atoms with van der Waals surface area (Å²) in [6.07, 6.45) is 3.25. The van der Waals surface area contributed by atoms with E-state index in [1.165, 1.54) is 19.2 Å². The van der Waals surface area contributed by atoms with Gasteiger partial charge in [-0.2, -0.15) is 13.5 Å². The summed E-state index contributed by atoms with van der Waals surface area (Å²) in [6, 6.07) is 6.22. The number of aryl methyl sites for hydroxylation is 1. The third-order valence-corrected chi connectivity index (χ3v) is 6.59. The van der Waals surface area contributed by atoms with Crippen molar-refractivity contribution in [2.45, 2.75) is 19.4 Å². The molecule has 0 bridgehead atoms. The highest BCUT2D eigenvalue weighted by atomic mass is 35.5. The number of hydrogen-bond acceptors (Lipinski definition) is 6. The highest BCUT2D eigenvalue weighted by Gasteiger charge is 2.28. The molecule has 1 aliphatic rings. The van der Waals surface area contributed by atoms with Gasteiger partial charge in [-0.1, -0.05) is 11.6 Å². The zero-order valence-electron chi connectivity index (χ0n) is 17.4. The summed E-state index contributed by atoms with van der Waals surface area (Å²) in [6.45, 7) is 2.63. The molecule has 1 amide bonds. The average molecular weight is 480 g/mol. The monoisotopic (exact) mass is 479 g/mol. The molecule has 3 heterocycles. The summed E-state index contributed by atoms with van der Waals surface area (Å²) in [4.78, 5) is 14.6. The number of hydrogen-bond donors (Lipinski definition) is 3. The highest BCUT2D eigenvalue weighted by molar-refractivity contribution is 7.90. The molecule has 1 saturated heterocycles. The molecule has 1 aromatic carbocycles. The maximum atomic E-state index is 12.9. The molecule has 3 aromatic rings. The molecule has 3 N–H and O–H groups in total. The number of benzene rings is 1. The van der Waals surface area contributed by atoms with E-state index in [1.807, 2.05) is 6.92 Å². The van der Waals surface area contributed by atoms with Gasteiger partial charge in [-0.3, -0.25) is 9.52 Å². The average Bonchev–Trinajstić information content (AvgIpc) is 3.33. The van der Waals surface area contributed by atoms with Gasteiger partial charge in [0.15, 0.2) is 5.75 Å². The molecule has 1 atom stereocenters. The van der Waals surface area contributed by atoms with Gasteiger partial charge < -0.3 is 14.7 Å². The SMILES string of the molecule is CNS(=O)(=O)Nc1ccc(Oc2ccnn3cc(C(=O)N4CC[C@@H](O)C4)c(C)c23)cc1Cl. The Morgan fingerprint density at radius 1 is 1.34 bits per heavy atom. The summed E-state index contributed by atoms with van der Waals surface area (Å²) in [5.74, 6) is 0.670. The van der Waals surface area contributed by atoms with Crippen molar-refractivity contribution >= 4 is 38.9 Å². The standard InChI is InChI=1S/C20H22ClN5O5S/c1-12-15(20(28)25-8-6-13(27)10-25)11-26-19(12)18(5-7-23-26)31-14-3-4-17(16(21)9-14)24-32(29,30)22-2/h3-5,7,9,11,13,22,24,27H,6,8,10H2,1-2H3/t13-/m1/s1. The Kier molecular flexibility index (Phi) is 5.99. The summed E-state index contributed by atoms with van der Waals surface area (Å²) in [5, 5.41) is 14.2. The minimum atomic E-state index is -3.71. The number of halogens is 1. The number of β-amino-alcohol motifs (C(OH)–C–C–N with tert-alkyl or cyclic N) is 1. The fourth-order valence-electron chi connectivity index (χ4n) is 3.58. The topological polar surface area (TPSA) is 125 Å². The number of ether oxygens (including phenoxy) is 1. The summed E-state index contributed by atoms with van der Waals surface area (Å²) < 4.78 is 35.4. The molecule has 0 aliphatic carbocycles. The van der Waals surface area contributed by atoms with E-state index in [4.69, 9.17) is 16.3 Å². The summed E-state index contributed by atoms with van der Waals surface area (Å²) in [5.41, 5.74) is 2.00. The quantitative estimate of drug-likeness (QED) is 0.497. The smallest absolute Gasteiger partial charge is 0.298 e. The van der Waals surface area contributed by atoms with Crippen molar-refractivity contribution in [2.24, 2.45) is 0 Å². The number of fused-ring (bicyclic) bond motifs is 1. The third kappa shape index (κ3) is 4.37. The number of aromatic nitrogens is 2. The molecule has 1 fully saturated rings. The highest BCUT2D eigenvalue weighted by Crippen LogP contribution is 2.34. The molecule has 12 heteroatoms. The van der Waals surface area contributed by atoms with Gasteiger partial charge in [-0.05, 0) is 31.0 Å². The van der Waals surface area contributed by atoms with Crippen LogP contribution in [0.15, 0.2) is 36.7 Å². The third-order valence-electron chi connectivity index (χ3n) is 5.25. The lowest BCUT2D eigenvalue weighted by Gasteiger charge is -2.15. The Hall–Kier alpha value is -2.86. The summed E-state index contributed by atoms with van der Waals surface area (Å²) in [7, 11) is -2.42. The molecule has 0 spiro atoms. The zero-order valence-corrected chi connectivity index (χ0v) is 18.9. The molecule has 0 unspecified atom stereocenters. The van der Waals surface area contributed by atoms with E-state index in [2.05, 4.69) is 14.5 Å². The van der Waals surface area contributed by atoms with Crippen LogP contribution >= 0.6 is 11.6 Å². The number of carbonyl (C=O) groups excluding carboxylic acids is 1. The Morgan fingerprint density at radius 3 is 2.78 bits per heavy atom. The van der Waals surface area contributed by atoms with Crippen molar-refractivity contribution in [1.82, 2.24) is 19.2 Å². The van der Waals surface area contributed by atoms with Gasteiger partial charge >= 0.3 is 0 Å². The minimum absolute atomic E-state index is 0.155.